The zero-order chi connectivity index (χ0) is 48.9. The van der Waals surface area contributed by atoms with Gasteiger partial charge in [0.1, 0.15) is 17.0 Å². The fourth-order valence-corrected chi connectivity index (χ4v) is 11.7. The Morgan fingerprint density at radius 2 is 1.47 bits per heavy atom. The van der Waals surface area contributed by atoms with Crippen LogP contribution in [0.25, 0.3) is 109 Å². The summed E-state index contributed by atoms with van der Waals surface area (Å²) >= 11 is 1.82. The van der Waals surface area contributed by atoms with Crippen molar-refractivity contribution < 1.29 is 4.42 Å². The van der Waals surface area contributed by atoms with Crippen LogP contribution in [0.15, 0.2) is 215 Å². The van der Waals surface area contributed by atoms with Crippen LogP contribution < -0.4 is 5.73 Å². The minimum absolute atomic E-state index is 0.358. The maximum atomic E-state index is 7.24. The Labute approximate surface area is 422 Å². The Bertz CT molecular complexity index is 4280. The smallest absolute Gasteiger partial charge is 0.157 e. The van der Waals surface area contributed by atoms with E-state index in [1.807, 2.05) is 53.8 Å². The molecule has 0 fully saturated rings. The minimum atomic E-state index is 0.358. The lowest BCUT2D eigenvalue weighted by Gasteiger charge is -2.11. The van der Waals surface area contributed by atoms with Crippen molar-refractivity contribution in [1.82, 2.24) is 9.13 Å². The van der Waals surface area contributed by atoms with Gasteiger partial charge >= 0.3 is 0 Å². The standard InChI is InChI=1S/C65H51N5OS/c1-5-9-22-44(7-3)69-56-28-16-14-24-49(56)51-38-43(31-34-57(51)69)65(67-40-41-20-11-10-12-21-41)68-64(66)50-26-17-29-59-62(50)52-37-42(32-35-58(52)71-59)47-25-18-30-61-63(47)53-39-45(33-36-60(53)72-61)70-54(19-6-2)46(8-4)48-23-13-15-27-55(48)70/h6-39H,4-5,40H2,1-3H3,(H2,66,67,68)/b19-6-,22-9-,44-7+. The average molecular weight is 950 g/mol. The van der Waals surface area contributed by atoms with Crippen molar-refractivity contribution in [3.63, 3.8) is 0 Å². The van der Waals surface area contributed by atoms with Gasteiger partial charge in [0.25, 0.3) is 0 Å². The number of hydrogen-bond acceptors (Lipinski definition) is 3. The molecule has 0 unspecified atom stereocenters. The summed E-state index contributed by atoms with van der Waals surface area (Å²) < 4.78 is 13.7. The number of aromatic nitrogens is 2. The SMILES string of the molecule is C=Cc1c(/C=C\C)n(-c2ccc3sc4cccc(-c5ccc6oc7cccc(C(N)=NC(=NCc8ccccc8)c8ccc9c(c8)c8ccccc8n9C(/C=C\CC)=C/C)c7c6c5)c4c3c2)c2ccccc12. The van der Waals surface area contributed by atoms with Crippen LogP contribution in [-0.2, 0) is 6.54 Å². The molecule has 12 rings (SSSR count). The van der Waals surface area contributed by atoms with Crippen molar-refractivity contribution in [2.45, 2.75) is 33.7 Å². The maximum Gasteiger partial charge on any atom is 0.157 e. The van der Waals surface area contributed by atoms with Crippen LogP contribution in [0.3, 0.4) is 0 Å². The van der Waals surface area contributed by atoms with Crippen molar-refractivity contribution in [2.24, 2.45) is 15.7 Å². The van der Waals surface area contributed by atoms with Gasteiger partial charge in [-0.15, -0.1) is 11.3 Å². The van der Waals surface area contributed by atoms with Gasteiger partial charge in [-0.1, -0.05) is 135 Å². The number of nitrogens with two attached hydrogens (primary N) is 1. The highest BCUT2D eigenvalue weighted by atomic mass is 32.1. The Hall–Kier alpha value is -8.78. The second kappa shape index (κ2) is 18.5. The van der Waals surface area contributed by atoms with E-state index in [0.717, 1.165) is 106 Å². The van der Waals surface area contributed by atoms with Gasteiger partial charge in [-0.05, 0) is 122 Å². The predicted molar refractivity (Wildman–Crippen MR) is 310 cm³/mol. The average Bonchev–Trinajstić information content (AvgIpc) is 4.17. The van der Waals surface area contributed by atoms with Crippen LogP contribution in [0, 0.1) is 0 Å². The highest BCUT2D eigenvalue weighted by Gasteiger charge is 2.21. The fourth-order valence-electron chi connectivity index (χ4n) is 10.5. The van der Waals surface area contributed by atoms with Gasteiger partial charge < -0.3 is 19.3 Å². The zero-order valence-corrected chi connectivity index (χ0v) is 41.3. The monoisotopic (exact) mass is 949 g/mol. The molecule has 0 aliphatic rings. The van der Waals surface area contributed by atoms with Gasteiger partial charge in [0.15, 0.2) is 5.84 Å². The van der Waals surface area contributed by atoms with Gasteiger partial charge in [-0.2, -0.15) is 0 Å². The molecular weight excluding hydrogens is 899 g/mol. The summed E-state index contributed by atoms with van der Waals surface area (Å²) in [5, 5.41) is 7.76. The van der Waals surface area contributed by atoms with Crippen LogP contribution in [0.2, 0.25) is 0 Å². The molecule has 2 N–H and O–H groups in total. The van der Waals surface area contributed by atoms with E-state index in [0.29, 0.717) is 18.2 Å². The molecule has 0 amide bonds. The molecule has 7 heteroatoms. The number of benzene rings is 8. The number of rotatable bonds is 11. The second-order valence-electron chi connectivity index (χ2n) is 18.0. The molecule has 348 valence electrons. The summed E-state index contributed by atoms with van der Waals surface area (Å²) in [6, 6.07) is 60.0. The van der Waals surface area contributed by atoms with Crippen molar-refractivity contribution in [1.29, 1.82) is 0 Å². The largest absolute Gasteiger partial charge is 0.456 e. The lowest BCUT2D eigenvalue weighted by Crippen LogP contribution is -2.17. The number of fused-ring (bicyclic) bond motifs is 10. The topological polar surface area (TPSA) is 73.7 Å². The van der Waals surface area contributed by atoms with Gasteiger partial charge in [0.05, 0.1) is 28.8 Å². The van der Waals surface area contributed by atoms with Gasteiger partial charge in [-0.25, -0.2) is 4.99 Å². The van der Waals surface area contributed by atoms with Gasteiger partial charge in [0, 0.05) is 75.2 Å². The lowest BCUT2D eigenvalue weighted by molar-refractivity contribution is 0.669. The summed E-state index contributed by atoms with van der Waals surface area (Å²) in [4.78, 5) is 10.4. The van der Waals surface area contributed by atoms with Crippen molar-refractivity contribution in [3.05, 3.63) is 229 Å². The molecule has 4 heterocycles. The highest BCUT2D eigenvalue weighted by Crippen LogP contribution is 2.44. The third kappa shape index (κ3) is 7.49. The molecule has 0 atom stereocenters. The van der Waals surface area contributed by atoms with Gasteiger partial charge in [0.2, 0.25) is 0 Å². The summed E-state index contributed by atoms with van der Waals surface area (Å²) in [7, 11) is 0. The molecule has 0 spiro atoms. The van der Waals surface area contributed by atoms with Crippen molar-refractivity contribution in [3.8, 4) is 16.8 Å². The van der Waals surface area contributed by atoms with Gasteiger partial charge in [-0.3, -0.25) is 4.99 Å². The Morgan fingerprint density at radius 1 is 0.681 bits per heavy atom. The summed E-state index contributed by atoms with van der Waals surface area (Å²) in [5.41, 5.74) is 21.6. The van der Waals surface area contributed by atoms with E-state index < -0.39 is 0 Å². The fraction of sp³-hybridized carbons (Fsp3) is 0.0769. The Kier molecular flexibility index (Phi) is 11.4. The molecule has 0 bridgehead atoms. The lowest BCUT2D eigenvalue weighted by atomic mass is 9.97. The number of aliphatic imine (C=N–C) groups is 2. The summed E-state index contributed by atoms with van der Waals surface area (Å²) in [5.74, 6) is 0.913. The molecule has 0 saturated carbocycles. The molecule has 0 aliphatic carbocycles. The van der Waals surface area contributed by atoms with E-state index >= 15 is 0 Å². The summed E-state index contributed by atoms with van der Waals surface area (Å²) in [6.07, 6.45) is 13.8. The molecule has 0 radical (unpaired) electrons. The third-order valence-corrected chi connectivity index (χ3v) is 14.9. The van der Waals surface area contributed by atoms with Crippen molar-refractivity contribution in [2.75, 3.05) is 0 Å². The van der Waals surface area contributed by atoms with E-state index in [9.17, 15) is 0 Å². The van der Waals surface area contributed by atoms with Crippen LogP contribution in [-0.4, -0.2) is 20.8 Å². The molecule has 6 nitrogen and oxygen atoms in total. The molecule has 0 aliphatic heterocycles. The second-order valence-corrected chi connectivity index (χ2v) is 19.1. The highest BCUT2D eigenvalue weighted by molar-refractivity contribution is 7.26. The molecular formula is C65H51N5OS. The number of thiophene rings is 1. The van der Waals surface area contributed by atoms with Crippen molar-refractivity contribution >= 4 is 116 Å². The molecule has 8 aromatic carbocycles. The van der Waals surface area contributed by atoms with E-state index in [4.69, 9.17) is 20.1 Å². The molecule has 0 saturated heterocycles. The van der Waals surface area contributed by atoms with E-state index in [2.05, 4.69) is 200 Å². The first-order chi connectivity index (χ1) is 35.5. The molecule has 72 heavy (non-hydrogen) atoms. The Balaban J connectivity index is 0.996. The first-order valence-corrected chi connectivity index (χ1v) is 25.4. The third-order valence-electron chi connectivity index (χ3n) is 13.8. The minimum Gasteiger partial charge on any atom is -0.456 e. The predicted octanol–water partition coefficient (Wildman–Crippen LogP) is 17.5. The zero-order valence-electron chi connectivity index (χ0n) is 40.4. The van der Waals surface area contributed by atoms with Crippen LogP contribution >= 0.6 is 11.3 Å². The number of hydrogen-bond donors (Lipinski definition) is 1. The summed E-state index contributed by atoms with van der Waals surface area (Å²) in [6.45, 7) is 11.0. The van der Waals surface area contributed by atoms with E-state index in [-0.39, 0.29) is 0 Å². The van der Waals surface area contributed by atoms with E-state index in [1.54, 1.807) is 0 Å². The molecule has 12 aromatic rings. The number of furan rings is 1. The number of allylic oxidation sites excluding steroid dienone is 5. The maximum absolute atomic E-state index is 7.24. The first kappa shape index (κ1) is 44.4. The quantitative estimate of drug-likeness (QED) is 0.0797. The Morgan fingerprint density at radius 3 is 2.29 bits per heavy atom. The molecule has 4 aromatic heterocycles. The first-order valence-electron chi connectivity index (χ1n) is 24.6. The normalized spacial score (nSPS) is 13.0. The van der Waals surface area contributed by atoms with Crippen LogP contribution in [0.1, 0.15) is 55.1 Å². The number of amidine groups is 2. The number of nitrogens with zero attached hydrogens (tertiary/aromatic N) is 4. The van der Waals surface area contributed by atoms with Crippen LogP contribution in [0.4, 0.5) is 0 Å². The van der Waals surface area contributed by atoms with E-state index in [1.165, 1.54) is 25.6 Å². The number of para-hydroxylation sites is 2. The van der Waals surface area contributed by atoms with Crippen LogP contribution in [0.5, 0.6) is 0 Å².